The topological polar surface area (TPSA) is 77.9 Å². The Morgan fingerprint density at radius 3 is 2.47 bits per heavy atom. The van der Waals surface area contributed by atoms with Crippen molar-refractivity contribution in [2.75, 3.05) is 26.2 Å². The van der Waals surface area contributed by atoms with Gasteiger partial charge in [-0.2, -0.15) is 0 Å². The smallest absolute Gasteiger partial charge is 0.289 e. The number of nitrogens with zero attached hydrogens (tertiary/aromatic N) is 4. The zero-order valence-corrected chi connectivity index (χ0v) is 20.4. The van der Waals surface area contributed by atoms with Crippen LogP contribution in [-0.2, 0) is 4.79 Å². The van der Waals surface area contributed by atoms with E-state index in [1.807, 2.05) is 55.3 Å². The van der Waals surface area contributed by atoms with Crippen LogP contribution < -0.4 is 5.32 Å². The highest BCUT2D eigenvalue weighted by molar-refractivity contribution is 6.38. The molecule has 178 valence electrons. The van der Waals surface area contributed by atoms with Gasteiger partial charge in [-0.15, -0.1) is 0 Å². The van der Waals surface area contributed by atoms with Gasteiger partial charge in [0.15, 0.2) is 5.84 Å². The van der Waals surface area contributed by atoms with Crippen LogP contribution >= 0.6 is 0 Å². The maximum absolute atomic E-state index is 13.4. The summed E-state index contributed by atoms with van der Waals surface area (Å²) in [7, 11) is 0. The van der Waals surface area contributed by atoms with Gasteiger partial charge in [0.25, 0.3) is 11.8 Å². The standard InChI is InChI=1S/C27H33N5O2/c1-19(2)22-11-8-12-23(30-22)25(33)31-15-16-32(27(3,4)18-31)26(34)24-28-14-13-21(17-29-24)20-9-6-5-7-10-20/h5-12,17,19H,13-16,18H2,1-4H3,(H,28,29). The molecule has 0 aliphatic carbocycles. The van der Waals surface area contributed by atoms with E-state index in [4.69, 9.17) is 0 Å². The Labute approximate surface area is 201 Å². The van der Waals surface area contributed by atoms with Crippen LogP contribution in [0.4, 0.5) is 0 Å². The summed E-state index contributed by atoms with van der Waals surface area (Å²) in [5, 5.41) is 3.15. The molecule has 0 bridgehead atoms. The van der Waals surface area contributed by atoms with E-state index in [0.717, 1.165) is 23.3 Å². The summed E-state index contributed by atoms with van der Waals surface area (Å²) in [6.07, 6.45) is 2.65. The van der Waals surface area contributed by atoms with Crippen LogP contribution in [0.3, 0.4) is 0 Å². The minimum Gasteiger partial charge on any atom is -0.342 e. The predicted molar refractivity (Wildman–Crippen MR) is 134 cm³/mol. The second-order valence-electron chi connectivity index (χ2n) is 9.76. The number of benzene rings is 1. The highest BCUT2D eigenvalue weighted by Gasteiger charge is 2.40. The van der Waals surface area contributed by atoms with E-state index < -0.39 is 5.54 Å². The van der Waals surface area contributed by atoms with Crippen LogP contribution in [-0.4, -0.2) is 64.2 Å². The Morgan fingerprint density at radius 1 is 1.00 bits per heavy atom. The molecule has 0 spiro atoms. The number of rotatable bonds is 4. The normalized spacial score (nSPS) is 18.0. The number of amidine groups is 1. The van der Waals surface area contributed by atoms with E-state index in [1.54, 1.807) is 11.0 Å². The van der Waals surface area contributed by atoms with Gasteiger partial charge >= 0.3 is 0 Å². The Bertz CT molecular complexity index is 1120. The van der Waals surface area contributed by atoms with Crippen LogP contribution in [0.2, 0.25) is 0 Å². The minimum absolute atomic E-state index is 0.0944. The first-order chi connectivity index (χ1) is 16.3. The highest BCUT2D eigenvalue weighted by atomic mass is 16.2. The molecule has 1 fully saturated rings. The summed E-state index contributed by atoms with van der Waals surface area (Å²) < 4.78 is 0. The molecule has 1 N–H and O–H groups in total. The monoisotopic (exact) mass is 459 g/mol. The predicted octanol–water partition coefficient (Wildman–Crippen LogP) is 3.70. The maximum atomic E-state index is 13.4. The van der Waals surface area contributed by atoms with Gasteiger partial charge in [-0.1, -0.05) is 50.2 Å². The molecule has 0 radical (unpaired) electrons. The Balaban J connectivity index is 1.45. The number of aromatic nitrogens is 1. The molecule has 3 heterocycles. The first-order valence-corrected chi connectivity index (χ1v) is 11.9. The fourth-order valence-electron chi connectivity index (χ4n) is 4.46. The number of carbonyl (C=O) groups excluding carboxylic acids is 2. The lowest BCUT2D eigenvalue weighted by molar-refractivity contribution is -0.132. The van der Waals surface area contributed by atoms with E-state index in [9.17, 15) is 9.59 Å². The molecule has 2 aliphatic heterocycles. The second kappa shape index (κ2) is 9.79. The number of pyridine rings is 1. The average molecular weight is 460 g/mol. The number of hydrogen-bond acceptors (Lipinski definition) is 5. The van der Waals surface area contributed by atoms with Gasteiger partial charge in [-0.25, -0.2) is 4.98 Å². The van der Waals surface area contributed by atoms with Crippen molar-refractivity contribution in [2.45, 2.75) is 45.6 Å². The van der Waals surface area contributed by atoms with Crippen LogP contribution in [0.15, 0.2) is 59.7 Å². The molecule has 2 aromatic rings. The van der Waals surface area contributed by atoms with Crippen molar-refractivity contribution in [3.05, 3.63) is 71.7 Å². The summed E-state index contributed by atoms with van der Waals surface area (Å²) in [4.78, 5) is 39.3. The van der Waals surface area contributed by atoms with Gasteiger partial charge in [0, 0.05) is 38.1 Å². The van der Waals surface area contributed by atoms with Crippen LogP contribution in [0.5, 0.6) is 0 Å². The van der Waals surface area contributed by atoms with Gasteiger partial charge in [0.1, 0.15) is 5.69 Å². The van der Waals surface area contributed by atoms with Crippen molar-refractivity contribution in [2.24, 2.45) is 4.99 Å². The summed E-state index contributed by atoms with van der Waals surface area (Å²) in [5.74, 6) is 0.374. The molecular weight excluding hydrogens is 426 g/mol. The van der Waals surface area contributed by atoms with Crippen LogP contribution in [0, 0.1) is 0 Å². The number of piperazine rings is 1. The second-order valence-corrected chi connectivity index (χ2v) is 9.76. The molecule has 0 atom stereocenters. The van der Waals surface area contributed by atoms with Crippen molar-refractivity contribution in [3.8, 4) is 0 Å². The molecule has 1 aromatic heterocycles. The minimum atomic E-state index is -0.539. The maximum Gasteiger partial charge on any atom is 0.289 e. The molecule has 2 amide bonds. The fraction of sp³-hybridized carbons (Fsp3) is 0.407. The van der Waals surface area contributed by atoms with E-state index in [0.29, 0.717) is 37.7 Å². The van der Waals surface area contributed by atoms with Gasteiger partial charge in [0.05, 0.1) is 5.54 Å². The molecule has 7 nitrogen and oxygen atoms in total. The molecular formula is C27H33N5O2. The third-order valence-corrected chi connectivity index (χ3v) is 6.40. The molecule has 34 heavy (non-hydrogen) atoms. The van der Waals surface area contributed by atoms with Crippen molar-refractivity contribution in [1.29, 1.82) is 0 Å². The summed E-state index contributed by atoms with van der Waals surface area (Å²) >= 11 is 0. The molecule has 2 aliphatic rings. The van der Waals surface area contributed by atoms with E-state index in [1.165, 1.54) is 0 Å². The molecule has 7 heteroatoms. The molecule has 0 saturated carbocycles. The largest absolute Gasteiger partial charge is 0.342 e. The van der Waals surface area contributed by atoms with Crippen LogP contribution in [0.25, 0.3) is 5.57 Å². The van der Waals surface area contributed by atoms with Crippen molar-refractivity contribution in [1.82, 2.24) is 20.1 Å². The highest BCUT2D eigenvalue weighted by Crippen LogP contribution is 2.24. The van der Waals surface area contributed by atoms with Gasteiger partial charge < -0.3 is 15.1 Å². The van der Waals surface area contributed by atoms with Crippen LogP contribution in [0.1, 0.15) is 61.8 Å². The fourth-order valence-corrected chi connectivity index (χ4v) is 4.46. The summed E-state index contributed by atoms with van der Waals surface area (Å²) in [5.41, 5.74) is 3.07. The first-order valence-electron chi connectivity index (χ1n) is 11.9. The average Bonchev–Trinajstić information content (AvgIpc) is 3.09. The molecule has 4 rings (SSSR count). The quantitative estimate of drug-likeness (QED) is 0.756. The van der Waals surface area contributed by atoms with E-state index in [2.05, 4.69) is 41.3 Å². The summed E-state index contributed by atoms with van der Waals surface area (Å²) in [6, 6.07) is 15.7. The van der Waals surface area contributed by atoms with Gasteiger partial charge in [0.2, 0.25) is 0 Å². The lowest BCUT2D eigenvalue weighted by Crippen LogP contribution is -2.64. The van der Waals surface area contributed by atoms with Gasteiger partial charge in [-0.05, 0) is 49.5 Å². The third-order valence-electron chi connectivity index (χ3n) is 6.40. The summed E-state index contributed by atoms with van der Waals surface area (Å²) in [6.45, 7) is 9.99. The Morgan fingerprint density at radius 2 is 1.76 bits per heavy atom. The zero-order chi connectivity index (χ0) is 24.3. The van der Waals surface area contributed by atoms with Crippen molar-refractivity contribution >= 4 is 23.2 Å². The lowest BCUT2D eigenvalue weighted by Gasteiger charge is -2.47. The van der Waals surface area contributed by atoms with Gasteiger partial charge in [-0.3, -0.25) is 14.6 Å². The number of amides is 2. The molecule has 1 saturated heterocycles. The number of aliphatic imine (C=N–C) groups is 1. The van der Waals surface area contributed by atoms with E-state index in [-0.39, 0.29) is 17.7 Å². The lowest BCUT2D eigenvalue weighted by atomic mass is 9.98. The first kappa shape index (κ1) is 23.7. The Hall–Kier alpha value is -3.48. The van der Waals surface area contributed by atoms with E-state index >= 15 is 0 Å². The number of carbonyl (C=O) groups is 2. The van der Waals surface area contributed by atoms with Crippen molar-refractivity contribution in [3.63, 3.8) is 0 Å². The Kier molecular flexibility index (Phi) is 6.82. The number of hydrogen-bond donors (Lipinski definition) is 1. The number of nitrogens with one attached hydrogen (secondary N) is 1. The zero-order valence-electron chi connectivity index (χ0n) is 20.4. The third kappa shape index (κ3) is 5.03. The SMILES string of the molecule is CC(C)c1cccc(C(=O)N2CCN(C(=O)C3=NCCC(c4ccccc4)=CN3)C(C)(C)C2)n1. The molecule has 0 unspecified atom stereocenters. The molecule has 1 aromatic carbocycles. The van der Waals surface area contributed by atoms with Crippen molar-refractivity contribution < 1.29 is 9.59 Å².